The van der Waals surface area contributed by atoms with Gasteiger partial charge in [-0.25, -0.2) is 4.39 Å². The van der Waals surface area contributed by atoms with Gasteiger partial charge in [-0.2, -0.15) is 4.98 Å². The summed E-state index contributed by atoms with van der Waals surface area (Å²) in [5.41, 5.74) is 0.609. The van der Waals surface area contributed by atoms with Crippen LogP contribution in [-0.2, 0) is 0 Å². The molecule has 4 aromatic rings. The van der Waals surface area contributed by atoms with Crippen LogP contribution in [0.3, 0.4) is 0 Å². The first-order chi connectivity index (χ1) is 14.7. The molecule has 1 aromatic carbocycles. The molecule has 30 heavy (non-hydrogen) atoms. The predicted molar refractivity (Wildman–Crippen MR) is 109 cm³/mol. The lowest BCUT2D eigenvalue weighted by atomic mass is 9.96. The van der Waals surface area contributed by atoms with Crippen molar-refractivity contribution in [2.24, 2.45) is 0 Å². The van der Waals surface area contributed by atoms with Crippen LogP contribution in [0.1, 0.15) is 43.5 Å². The van der Waals surface area contributed by atoms with Gasteiger partial charge in [0, 0.05) is 12.1 Å². The van der Waals surface area contributed by atoms with E-state index >= 15 is 0 Å². The molecule has 0 amide bonds. The van der Waals surface area contributed by atoms with Crippen LogP contribution in [0.4, 0.5) is 4.39 Å². The van der Waals surface area contributed by atoms with Crippen molar-refractivity contribution in [3.63, 3.8) is 0 Å². The second kappa shape index (κ2) is 8.08. The van der Waals surface area contributed by atoms with E-state index in [1.165, 1.54) is 12.1 Å². The van der Waals surface area contributed by atoms with Crippen LogP contribution >= 0.6 is 11.3 Å². The van der Waals surface area contributed by atoms with Gasteiger partial charge in [0.1, 0.15) is 5.82 Å². The predicted octanol–water partition coefficient (Wildman–Crippen LogP) is 4.93. The normalized spacial score (nSPS) is 18.5. The van der Waals surface area contributed by atoms with E-state index in [4.69, 9.17) is 8.94 Å². The molecule has 0 N–H and O–H groups in total. The van der Waals surface area contributed by atoms with Gasteiger partial charge in [0.25, 0.3) is 5.89 Å². The highest BCUT2D eigenvalue weighted by molar-refractivity contribution is 7.13. The molecule has 3 aromatic heterocycles. The maximum Gasteiger partial charge on any atom is 0.257 e. The maximum atomic E-state index is 13.5. The Labute approximate surface area is 176 Å². The van der Waals surface area contributed by atoms with E-state index in [-0.39, 0.29) is 17.8 Å². The molecule has 0 saturated carbocycles. The lowest BCUT2D eigenvalue weighted by molar-refractivity contribution is 0.128. The average Bonchev–Trinajstić information content (AvgIpc) is 3.54. The van der Waals surface area contributed by atoms with Gasteiger partial charge in [-0.3, -0.25) is 4.90 Å². The summed E-state index contributed by atoms with van der Waals surface area (Å²) in [4.78, 5) is 7.79. The van der Waals surface area contributed by atoms with E-state index in [1.54, 1.807) is 23.5 Å². The molecule has 7 nitrogen and oxygen atoms in total. The summed E-state index contributed by atoms with van der Waals surface area (Å²) in [7, 11) is 0. The first kappa shape index (κ1) is 19.1. The van der Waals surface area contributed by atoms with Gasteiger partial charge >= 0.3 is 0 Å². The fourth-order valence-electron chi connectivity index (χ4n) is 3.77. The summed E-state index contributed by atoms with van der Waals surface area (Å²) < 4.78 is 24.9. The number of halogens is 1. The number of likely N-dealkylation sites (tertiary alicyclic amines) is 1. The molecule has 2 unspecified atom stereocenters. The van der Waals surface area contributed by atoms with Crippen molar-refractivity contribution in [2.45, 2.75) is 31.7 Å². The number of nitrogens with zero attached hydrogens (tertiary/aromatic N) is 5. The van der Waals surface area contributed by atoms with E-state index < -0.39 is 0 Å². The van der Waals surface area contributed by atoms with Gasteiger partial charge in [-0.05, 0) is 49.9 Å². The quantitative estimate of drug-likeness (QED) is 0.448. The maximum absolute atomic E-state index is 13.5. The number of rotatable bonds is 5. The third-order valence-electron chi connectivity index (χ3n) is 5.40. The molecular formula is C21H20FN5O2S. The molecule has 1 fully saturated rings. The lowest BCUT2D eigenvalue weighted by Crippen LogP contribution is -2.36. The van der Waals surface area contributed by atoms with Gasteiger partial charge in [0.15, 0.2) is 0 Å². The van der Waals surface area contributed by atoms with E-state index in [2.05, 4.69) is 32.2 Å². The molecule has 154 valence electrons. The number of piperidine rings is 1. The van der Waals surface area contributed by atoms with E-state index in [0.29, 0.717) is 29.1 Å². The van der Waals surface area contributed by atoms with Crippen molar-refractivity contribution >= 4 is 11.3 Å². The number of aromatic nitrogens is 4. The molecule has 1 saturated heterocycles. The number of benzene rings is 1. The number of hydrogen-bond acceptors (Lipinski definition) is 8. The van der Waals surface area contributed by atoms with Gasteiger partial charge in [-0.1, -0.05) is 23.4 Å². The SMILES string of the molecule is CC(c1nnc(-c2cccs2)o1)N1CCCC(c2nc(-c3cccc(F)c3)no2)C1. The first-order valence-electron chi connectivity index (χ1n) is 9.88. The highest BCUT2D eigenvalue weighted by atomic mass is 32.1. The molecule has 1 aliphatic heterocycles. The summed E-state index contributed by atoms with van der Waals surface area (Å²) in [6.07, 6.45) is 1.96. The molecule has 0 bridgehead atoms. The van der Waals surface area contributed by atoms with Gasteiger partial charge in [-0.15, -0.1) is 21.5 Å². The summed E-state index contributed by atoms with van der Waals surface area (Å²) in [6, 6.07) is 10.1. The Kier molecular flexibility index (Phi) is 5.14. The number of thiophene rings is 1. The minimum atomic E-state index is -0.321. The second-order valence-electron chi connectivity index (χ2n) is 7.40. The molecule has 0 aliphatic carbocycles. The van der Waals surface area contributed by atoms with Crippen LogP contribution in [0.25, 0.3) is 22.2 Å². The van der Waals surface area contributed by atoms with Crippen molar-refractivity contribution in [1.82, 2.24) is 25.2 Å². The molecule has 0 radical (unpaired) electrons. The zero-order chi connectivity index (χ0) is 20.5. The Morgan fingerprint density at radius 1 is 1.23 bits per heavy atom. The van der Waals surface area contributed by atoms with Crippen LogP contribution in [0.2, 0.25) is 0 Å². The molecular weight excluding hydrogens is 405 g/mol. The Bertz CT molecular complexity index is 1130. The van der Waals surface area contributed by atoms with Crippen molar-refractivity contribution in [2.75, 3.05) is 13.1 Å². The molecule has 9 heteroatoms. The van der Waals surface area contributed by atoms with E-state index in [0.717, 1.165) is 30.8 Å². The average molecular weight is 425 g/mol. The van der Waals surface area contributed by atoms with E-state index in [1.807, 2.05) is 17.5 Å². The van der Waals surface area contributed by atoms with Crippen molar-refractivity contribution in [1.29, 1.82) is 0 Å². The molecule has 5 rings (SSSR count). The minimum Gasteiger partial charge on any atom is -0.418 e. The summed E-state index contributed by atoms with van der Waals surface area (Å²) in [5, 5.41) is 14.5. The lowest BCUT2D eigenvalue weighted by Gasteiger charge is -2.33. The topological polar surface area (TPSA) is 81.1 Å². The van der Waals surface area contributed by atoms with E-state index in [9.17, 15) is 4.39 Å². The monoisotopic (exact) mass is 425 g/mol. The zero-order valence-corrected chi connectivity index (χ0v) is 17.2. The van der Waals surface area contributed by atoms with Gasteiger partial charge in [0.2, 0.25) is 17.6 Å². The van der Waals surface area contributed by atoms with Gasteiger partial charge in [0.05, 0.1) is 16.8 Å². The second-order valence-corrected chi connectivity index (χ2v) is 8.35. The minimum absolute atomic E-state index is 0.0142. The Balaban J connectivity index is 1.30. The van der Waals surface area contributed by atoms with Crippen LogP contribution in [-0.4, -0.2) is 38.3 Å². The van der Waals surface area contributed by atoms with Crippen molar-refractivity contribution in [3.05, 3.63) is 59.4 Å². The molecule has 0 spiro atoms. The number of hydrogen-bond donors (Lipinski definition) is 0. The Morgan fingerprint density at radius 2 is 2.17 bits per heavy atom. The largest absolute Gasteiger partial charge is 0.418 e. The zero-order valence-electron chi connectivity index (χ0n) is 16.4. The molecule has 1 aliphatic rings. The Morgan fingerprint density at radius 3 is 3.00 bits per heavy atom. The van der Waals surface area contributed by atoms with Crippen molar-refractivity contribution < 1.29 is 13.3 Å². The summed E-state index contributed by atoms with van der Waals surface area (Å²) in [5.74, 6) is 1.93. The highest BCUT2D eigenvalue weighted by Gasteiger charge is 2.31. The van der Waals surface area contributed by atoms with Crippen molar-refractivity contribution in [3.8, 4) is 22.2 Å². The van der Waals surface area contributed by atoms with Crippen LogP contribution < -0.4 is 0 Å². The fourth-order valence-corrected chi connectivity index (χ4v) is 4.41. The smallest absolute Gasteiger partial charge is 0.257 e. The van der Waals surface area contributed by atoms with Crippen LogP contribution in [0.15, 0.2) is 50.7 Å². The molecule has 4 heterocycles. The van der Waals surface area contributed by atoms with Gasteiger partial charge < -0.3 is 8.94 Å². The van der Waals surface area contributed by atoms with Crippen LogP contribution in [0, 0.1) is 5.82 Å². The highest BCUT2D eigenvalue weighted by Crippen LogP contribution is 2.33. The third-order valence-corrected chi connectivity index (χ3v) is 6.26. The Hall–Kier alpha value is -2.91. The first-order valence-corrected chi connectivity index (χ1v) is 10.8. The standard InChI is InChI=1S/C21H20FN5O2S/c1-13(19-24-25-21(28-19)17-8-4-10-30-17)27-9-3-6-15(12-27)20-23-18(26-29-20)14-5-2-7-16(22)11-14/h2,4-5,7-8,10-11,13,15H,3,6,9,12H2,1H3. The fraction of sp³-hybridized carbons (Fsp3) is 0.333. The molecule has 2 atom stereocenters. The summed E-state index contributed by atoms with van der Waals surface area (Å²) >= 11 is 1.57. The summed E-state index contributed by atoms with van der Waals surface area (Å²) in [6.45, 7) is 3.75. The third kappa shape index (κ3) is 3.78. The van der Waals surface area contributed by atoms with Crippen LogP contribution in [0.5, 0.6) is 0 Å².